The number of hydrogen-bond donors (Lipinski definition) is 1. The van der Waals surface area contributed by atoms with E-state index in [1.165, 1.54) is 11.8 Å². The third kappa shape index (κ3) is 3.19. The summed E-state index contributed by atoms with van der Waals surface area (Å²) >= 11 is 1.43. The fraction of sp³-hybridized carbons (Fsp3) is 0.167. The highest BCUT2D eigenvalue weighted by Crippen LogP contribution is 2.37. The van der Waals surface area contributed by atoms with Gasteiger partial charge >= 0.3 is 0 Å². The molecule has 1 aromatic heterocycles. The van der Waals surface area contributed by atoms with E-state index in [1.807, 2.05) is 54.6 Å². The summed E-state index contributed by atoms with van der Waals surface area (Å²) in [5.41, 5.74) is 1.15. The van der Waals surface area contributed by atoms with Crippen molar-refractivity contribution in [3.05, 3.63) is 54.6 Å². The first kappa shape index (κ1) is 16.3. The lowest BCUT2D eigenvalue weighted by atomic mass is 10.2. The molecule has 1 amide bonds. The molecule has 1 atom stereocenters. The number of nitrogens with zero attached hydrogens (tertiary/aromatic N) is 3. The zero-order chi connectivity index (χ0) is 17.1. The van der Waals surface area contributed by atoms with Crippen molar-refractivity contribution in [2.75, 3.05) is 0 Å². The number of hydrogen-bond acceptors (Lipinski definition) is 4. The Labute approximate surface area is 144 Å². The van der Waals surface area contributed by atoms with Gasteiger partial charge in [-0.25, -0.2) is 0 Å². The largest absolute Gasteiger partial charge is 0.493 e. The van der Waals surface area contributed by atoms with Gasteiger partial charge in [-0.1, -0.05) is 36.4 Å². The predicted octanol–water partition coefficient (Wildman–Crippen LogP) is 4.68. The molecule has 0 fully saturated rings. The molecule has 3 rings (SSSR count). The van der Waals surface area contributed by atoms with Crippen molar-refractivity contribution in [2.24, 2.45) is 17.3 Å². The SMILES string of the molecule is C[C@@H](Sc1ccccc1)C(=O)N=Nc1c(O)n(C)c2ccccc12. The average Bonchev–Trinajstić information content (AvgIpc) is 2.85. The molecule has 5 nitrogen and oxygen atoms in total. The molecule has 3 aromatic rings. The maximum atomic E-state index is 12.2. The quantitative estimate of drug-likeness (QED) is 0.554. The summed E-state index contributed by atoms with van der Waals surface area (Å²) in [6.45, 7) is 1.79. The van der Waals surface area contributed by atoms with Crippen LogP contribution in [0.1, 0.15) is 6.92 Å². The molecule has 0 saturated carbocycles. The molecule has 0 aliphatic rings. The van der Waals surface area contributed by atoms with E-state index < -0.39 is 0 Å². The van der Waals surface area contributed by atoms with E-state index in [1.54, 1.807) is 18.5 Å². The number of rotatable bonds is 4. The Hall–Kier alpha value is -2.60. The molecule has 0 saturated heterocycles. The van der Waals surface area contributed by atoms with Crippen molar-refractivity contribution in [1.82, 2.24) is 4.57 Å². The molecule has 0 bridgehead atoms. The fourth-order valence-electron chi connectivity index (χ4n) is 2.39. The van der Waals surface area contributed by atoms with E-state index in [0.717, 1.165) is 15.8 Å². The van der Waals surface area contributed by atoms with Crippen LogP contribution in [0.15, 0.2) is 69.7 Å². The maximum Gasteiger partial charge on any atom is 0.277 e. The van der Waals surface area contributed by atoms with E-state index in [4.69, 9.17) is 0 Å². The monoisotopic (exact) mass is 339 g/mol. The minimum Gasteiger partial charge on any atom is -0.493 e. The highest BCUT2D eigenvalue weighted by atomic mass is 32.2. The number of azo groups is 1. The predicted molar refractivity (Wildman–Crippen MR) is 95.9 cm³/mol. The van der Waals surface area contributed by atoms with Crippen molar-refractivity contribution in [3.8, 4) is 5.88 Å². The Morgan fingerprint density at radius 3 is 2.54 bits per heavy atom. The van der Waals surface area contributed by atoms with Crippen LogP contribution in [0.5, 0.6) is 5.88 Å². The normalized spacial score (nSPS) is 12.8. The molecule has 1 N–H and O–H groups in total. The highest BCUT2D eigenvalue weighted by Gasteiger charge is 2.17. The van der Waals surface area contributed by atoms with Gasteiger partial charge in [-0.15, -0.1) is 22.0 Å². The molecular formula is C18H17N3O2S. The Morgan fingerprint density at radius 2 is 1.79 bits per heavy atom. The number of benzene rings is 2. The number of aryl methyl sites for hydroxylation is 1. The number of fused-ring (bicyclic) bond motifs is 1. The number of aromatic hydroxyl groups is 1. The average molecular weight is 339 g/mol. The van der Waals surface area contributed by atoms with Crippen LogP contribution in [-0.4, -0.2) is 20.8 Å². The maximum absolute atomic E-state index is 12.2. The smallest absolute Gasteiger partial charge is 0.277 e. The third-order valence-electron chi connectivity index (χ3n) is 3.70. The summed E-state index contributed by atoms with van der Waals surface area (Å²) < 4.78 is 1.62. The number of carbonyl (C=O) groups is 1. The minimum absolute atomic E-state index is 0.00360. The molecule has 24 heavy (non-hydrogen) atoms. The summed E-state index contributed by atoms with van der Waals surface area (Å²) in [4.78, 5) is 13.2. The second-order valence-electron chi connectivity index (χ2n) is 5.36. The van der Waals surface area contributed by atoms with Crippen molar-refractivity contribution < 1.29 is 9.90 Å². The molecule has 6 heteroatoms. The van der Waals surface area contributed by atoms with Gasteiger partial charge in [0.25, 0.3) is 5.91 Å². The topological polar surface area (TPSA) is 66.9 Å². The van der Waals surface area contributed by atoms with E-state index in [-0.39, 0.29) is 17.0 Å². The van der Waals surface area contributed by atoms with E-state index in [2.05, 4.69) is 10.2 Å². The lowest BCUT2D eigenvalue weighted by molar-refractivity contribution is -0.117. The standard InChI is InChI=1S/C18H17N3O2S/c1-12(24-13-8-4-3-5-9-13)17(22)20-19-16-14-10-6-7-11-15(14)21(2)18(16)23/h3-12,23H,1-2H3/t12-/m1/s1. The molecule has 0 radical (unpaired) electrons. The summed E-state index contributed by atoms with van der Waals surface area (Å²) in [7, 11) is 1.74. The third-order valence-corrected chi connectivity index (χ3v) is 4.80. The van der Waals surface area contributed by atoms with Crippen molar-refractivity contribution in [3.63, 3.8) is 0 Å². The Bertz CT molecular complexity index is 903. The summed E-state index contributed by atoms with van der Waals surface area (Å²) in [6, 6.07) is 17.1. The molecule has 122 valence electrons. The second-order valence-corrected chi connectivity index (χ2v) is 6.77. The van der Waals surface area contributed by atoms with Crippen LogP contribution >= 0.6 is 11.8 Å². The van der Waals surface area contributed by atoms with Crippen LogP contribution in [-0.2, 0) is 11.8 Å². The first-order valence-electron chi connectivity index (χ1n) is 7.51. The molecule has 2 aromatic carbocycles. The Kier molecular flexibility index (Phi) is 4.66. The van der Waals surface area contributed by atoms with Crippen molar-refractivity contribution in [1.29, 1.82) is 0 Å². The number of aromatic nitrogens is 1. The molecule has 0 aliphatic heterocycles. The lowest BCUT2D eigenvalue weighted by Crippen LogP contribution is -2.09. The van der Waals surface area contributed by atoms with Gasteiger partial charge in [0.1, 0.15) is 0 Å². The van der Waals surface area contributed by atoms with Crippen LogP contribution in [0, 0.1) is 0 Å². The van der Waals surface area contributed by atoms with Gasteiger partial charge in [0, 0.05) is 17.3 Å². The number of carbonyl (C=O) groups excluding carboxylic acids is 1. The molecule has 0 unspecified atom stereocenters. The first-order valence-corrected chi connectivity index (χ1v) is 8.39. The van der Waals surface area contributed by atoms with Crippen molar-refractivity contribution in [2.45, 2.75) is 17.1 Å². The summed E-state index contributed by atoms with van der Waals surface area (Å²) in [5, 5.41) is 18.4. The van der Waals surface area contributed by atoms with E-state index in [0.29, 0.717) is 5.69 Å². The van der Waals surface area contributed by atoms with Gasteiger partial charge in [-0.2, -0.15) is 0 Å². The van der Waals surface area contributed by atoms with Gasteiger partial charge in [0.05, 0.1) is 10.8 Å². The number of para-hydroxylation sites is 1. The fourth-order valence-corrected chi connectivity index (χ4v) is 3.26. The minimum atomic E-state index is -0.353. The Morgan fingerprint density at radius 1 is 1.12 bits per heavy atom. The van der Waals surface area contributed by atoms with Crippen molar-refractivity contribution >= 4 is 34.3 Å². The van der Waals surface area contributed by atoms with E-state index in [9.17, 15) is 9.90 Å². The van der Waals surface area contributed by atoms with Gasteiger partial charge in [0.2, 0.25) is 5.88 Å². The first-order chi connectivity index (χ1) is 11.6. The van der Waals surface area contributed by atoms with Crippen LogP contribution in [0.2, 0.25) is 0 Å². The van der Waals surface area contributed by atoms with E-state index >= 15 is 0 Å². The van der Waals surface area contributed by atoms with Gasteiger partial charge < -0.3 is 9.67 Å². The lowest BCUT2D eigenvalue weighted by Gasteiger charge is -2.05. The van der Waals surface area contributed by atoms with Crippen LogP contribution < -0.4 is 0 Å². The summed E-state index contributed by atoms with van der Waals surface area (Å²) in [5.74, 6) is -0.340. The molecular weight excluding hydrogens is 322 g/mol. The zero-order valence-electron chi connectivity index (χ0n) is 13.4. The molecule has 1 heterocycles. The molecule has 0 spiro atoms. The zero-order valence-corrected chi connectivity index (χ0v) is 14.2. The highest BCUT2D eigenvalue weighted by molar-refractivity contribution is 8.00. The van der Waals surface area contributed by atoms with Gasteiger partial charge in [-0.05, 0) is 25.1 Å². The Balaban J connectivity index is 1.81. The molecule has 0 aliphatic carbocycles. The van der Waals surface area contributed by atoms with Gasteiger partial charge in [0.15, 0.2) is 5.69 Å². The van der Waals surface area contributed by atoms with Crippen LogP contribution in [0.25, 0.3) is 10.9 Å². The second kappa shape index (κ2) is 6.88. The van der Waals surface area contributed by atoms with Gasteiger partial charge in [-0.3, -0.25) is 4.79 Å². The number of amides is 1. The van der Waals surface area contributed by atoms with Crippen LogP contribution in [0.3, 0.4) is 0 Å². The van der Waals surface area contributed by atoms with Crippen LogP contribution in [0.4, 0.5) is 5.69 Å². The summed E-state index contributed by atoms with van der Waals surface area (Å²) in [6.07, 6.45) is 0. The number of thioether (sulfide) groups is 1.